The summed E-state index contributed by atoms with van der Waals surface area (Å²) in [6.45, 7) is 0.403. The molecular weight excluding hydrogens is 395 g/mol. The minimum atomic E-state index is -1.30. The lowest BCUT2D eigenvalue weighted by molar-refractivity contribution is -0.136. The Morgan fingerprint density at radius 3 is 2.37 bits per heavy atom. The van der Waals surface area contributed by atoms with Gasteiger partial charge in [-0.25, -0.2) is 9.18 Å². The highest BCUT2D eigenvalue weighted by Crippen LogP contribution is 2.28. The number of halogens is 1. The highest BCUT2D eigenvalue weighted by molar-refractivity contribution is 6.09. The Hall–Kier alpha value is -3.95. The highest BCUT2D eigenvalue weighted by atomic mass is 19.1. The maximum absolute atomic E-state index is 13.4. The number of benzene rings is 2. The summed E-state index contributed by atoms with van der Waals surface area (Å²) in [5.41, 5.74) is 3.43. The van der Waals surface area contributed by atoms with E-state index in [4.69, 9.17) is 4.74 Å². The number of carbonyl (C=O) groups excluding carboxylic acids is 4. The molecule has 3 N–H and O–H groups in total. The van der Waals surface area contributed by atoms with Gasteiger partial charge in [-0.1, -0.05) is 42.5 Å². The Bertz CT molecular complexity index is 984. The molecule has 156 valence electrons. The van der Waals surface area contributed by atoms with E-state index < -0.39 is 48.3 Å². The summed E-state index contributed by atoms with van der Waals surface area (Å²) in [4.78, 5) is 49.5. The summed E-state index contributed by atoms with van der Waals surface area (Å²) in [6.07, 6.45) is 0. The van der Waals surface area contributed by atoms with Gasteiger partial charge in [-0.3, -0.25) is 30.1 Å². The van der Waals surface area contributed by atoms with Crippen molar-refractivity contribution in [2.24, 2.45) is 0 Å². The van der Waals surface area contributed by atoms with Crippen LogP contribution in [0.3, 0.4) is 0 Å². The van der Waals surface area contributed by atoms with Crippen LogP contribution in [0, 0.1) is 5.82 Å². The summed E-state index contributed by atoms with van der Waals surface area (Å²) in [5, 5.41) is 2.57. The zero-order valence-corrected chi connectivity index (χ0v) is 16.0. The lowest BCUT2D eigenvalue weighted by Gasteiger charge is -2.22. The van der Waals surface area contributed by atoms with Gasteiger partial charge in [-0.05, 0) is 24.6 Å². The molecule has 0 aromatic heterocycles. The van der Waals surface area contributed by atoms with Crippen molar-refractivity contribution >= 4 is 23.8 Å². The van der Waals surface area contributed by atoms with E-state index in [9.17, 15) is 23.6 Å². The minimum Gasteiger partial charge on any atom is -0.481 e. The normalized spacial score (nSPS) is 18.0. The standard InChI is InChI=1S/C20H19FN4O5/c1-20(13-7-3-2-4-8-13)18(28)25(19(29)22-20)11-16(26)23-24-17(27)12-30-15-10-6-5-9-14(15)21/h2-10H,11-12H2,1H3,(H,22,29)(H,23,26)(H,24,27)/t20-/m1/s1. The summed E-state index contributed by atoms with van der Waals surface area (Å²) >= 11 is 0. The number of para-hydroxylation sites is 1. The number of hydrazine groups is 1. The van der Waals surface area contributed by atoms with Gasteiger partial charge in [-0.2, -0.15) is 0 Å². The lowest BCUT2D eigenvalue weighted by atomic mass is 9.92. The molecule has 2 aromatic rings. The van der Waals surface area contributed by atoms with E-state index in [1.165, 1.54) is 18.2 Å². The average molecular weight is 414 g/mol. The number of amides is 5. The fourth-order valence-corrected chi connectivity index (χ4v) is 2.87. The molecule has 0 saturated carbocycles. The molecule has 1 aliphatic heterocycles. The minimum absolute atomic E-state index is 0.112. The number of imide groups is 1. The number of carbonyl (C=O) groups is 4. The Morgan fingerprint density at radius 1 is 1.03 bits per heavy atom. The zero-order chi connectivity index (χ0) is 21.7. The summed E-state index contributed by atoms with van der Waals surface area (Å²) in [7, 11) is 0. The second kappa shape index (κ2) is 8.60. The van der Waals surface area contributed by atoms with Crippen molar-refractivity contribution in [3.63, 3.8) is 0 Å². The van der Waals surface area contributed by atoms with Crippen molar-refractivity contribution in [3.05, 3.63) is 66.0 Å². The van der Waals surface area contributed by atoms with Gasteiger partial charge in [0.15, 0.2) is 18.2 Å². The molecule has 1 atom stereocenters. The van der Waals surface area contributed by atoms with Crippen LogP contribution >= 0.6 is 0 Å². The van der Waals surface area contributed by atoms with Crippen LogP contribution < -0.4 is 20.9 Å². The first-order chi connectivity index (χ1) is 14.3. The lowest BCUT2D eigenvalue weighted by Crippen LogP contribution is -2.49. The van der Waals surface area contributed by atoms with E-state index in [-0.39, 0.29) is 5.75 Å². The molecule has 1 fully saturated rings. The van der Waals surface area contributed by atoms with Crippen molar-refractivity contribution in [2.45, 2.75) is 12.5 Å². The van der Waals surface area contributed by atoms with Crippen LogP contribution in [-0.4, -0.2) is 41.8 Å². The Labute approximate surface area is 171 Å². The monoisotopic (exact) mass is 414 g/mol. The van der Waals surface area contributed by atoms with E-state index in [1.54, 1.807) is 43.3 Å². The van der Waals surface area contributed by atoms with Crippen molar-refractivity contribution in [1.29, 1.82) is 0 Å². The molecule has 0 bridgehead atoms. The third kappa shape index (κ3) is 4.37. The number of hydrogen-bond donors (Lipinski definition) is 3. The molecule has 0 spiro atoms. The van der Waals surface area contributed by atoms with E-state index in [1.807, 2.05) is 0 Å². The summed E-state index contributed by atoms with van der Waals surface area (Å²) in [5.74, 6) is -2.89. The number of hydrogen-bond acceptors (Lipinski definition) is 5. The first-order valence-corrected chi connectivity index (χ1v) is 8.96. The van der Waals surface area contributed by atoms with E-state index >= 15 is 0 Å². The Kier molecular flexibility index (Phi) is 5.95. The predicted octanol–water partition coefficient (Wildman–Crippen LogP) is 0.819. The van der Waals surface area contributed by atoms with Gasteiger partial charge < -0.3 is 10.1 Å². The molecular formula is C20H19FN4O5. The second-order valence-corrected chi connectivity index (χ2v) is 6.63. The van der Waals surface area contributed by atoms with Crippen molar-refractivity contribution in [1.82, 2.24) is 21.1 Å². The predicted molar refractivity (Wildman–Crippen MR) is 102 cm³/mol. The molecule has 3 rings (SSSR count). The first-order valence-electron chi connectivity index (χ1n) is 8.96. The largest absolute Gasteiger partial charge is 0.481 e. The second-order valence-electron chi connectivity index (χ2n) is 6.63. The number of rotatable bonds is 6. The van der Waals surface area contributed by atoms with Crippen LogP contribution in [0.4, 0.5) is 9.18 Å². The van der Waals surface area contributed by atoms with E-state index in [2.05, 4.69) is 16.2 Å². The molecule has 2 aromatic carbocycles. The van der Waals surface area contributed by atoms with E-state index in [0.29, 0.717) is 5.56 Å². The Morgan fingerprint density at radius 2 is 1.67 bits per heavy atom. The van der Waals surface area contributed by atoms with Crippen LogP contribution in [0.25, 0.3) is 0 Å². The summed E-state index contributed by atoms with van der Waals surface area (Å²) < 4.78 is 18.4. The van der Waals surface area contributed by atoms with Crippen LogP contribution in [0.1, 0.15) is 12.5 Å². The maximum Gasteiger partial charge on any atom is 0.325 e. The van der Waals surface area contributed by atoms with Gasteiger partial charge in [0.2, 0.25) is 0 Å². The van der Waals surface area contributed by atoms with Crippen molar-refractivity contribution in [2.75, 3.05) is 13.2 Å². The van der Waals surface area contributed by atoms with Gasteiger partial charge in [0.05, 0.1) is 0 Å². The van der Waals surface area contributed by atoms with E-state index in [0.717, 1.165) is 4.90 Å². The van der Waals surface area contributed by atoms with Gasteiger partial charge in [0.25, 0.3) is 17.7 Å². The van der Waals surface area contributed by atoms with Crippen LogP contribution in [-0.2, 0) is 19.9 Å². The molecule has 1 aliphatic rings. The van der Waals surface area contributed by atoms with Gasteiger partial charge >= 0.3 is 6.03 Å². The summed E-state index contributed by atoms with van der Waals surface area (Å²) in [6, 6.07) is 13.4. The molecule has 5 amide bonds. The number of nitrogens with one attached hydrogen (secondary N) is 3. The molecule has 0 aliphatic carbocycles. The Balaban J connectivity index is 1.51. The zero-order valence-electron chi connectivity index (χ0n) is 16.0. The van der Waals surface area contributed by atoms with Gasteiger partial charge in [-0.15, -0.1) is 0 Å². The highest BCUT2D eigenvalue weighted by Gasteiger charge is 2.49. The molecule has 9 nitrogen and oxygen atoms in total. The molecule has 10 heteroatoms. The smallest absolute Gasteiger partial charge is 0.325 e. The first kappa shape index (κ1) is 20.8. The quantitative estimate of drug-likeness (QED) is 0.478. The van der Waals surface area contributed by atoms with Gasteiger partial charge in [0, 0.05) is 0 Å². The fourth-order valence-electron chi connectivity index (χ4n) is 2.87. The number of nitrogens with zero attached hydrogens (tertiary/aromatic N) is 1. The third-order valence-corrected chi connectivity index (χ3v) is 4.46. The average Bonchev–Trinajstić information content (AvgIpc) is 2.96. The van der Waals surface area contributed by atoms with Gasteiger partial charge in [0.1, 0.15) is 12.1 Å². The van der Waals surface area contributed by atoms with Crippen LogP contribution in [0.2, 0.25) is 0 Å². The third-order valence-electron chi connectivity index (χ3n) is 4.46. The number of ether oxygens (including phenoxy) is 1. The molecule has 1 heterocycles. The van der Waals surface area contributed by atoms with Crippen molar-refractivity contribution < 1.29 is 28.3 Å². The van der Waals surface area contributed by atoms with Crippen LogP contribution in [0.5, 0.6) is 5.75 Å². The molecule has 0 radical (unpaired) electrons. The number of urea groups is 1. The maximum atomic E-state index is 13.4. The van der Waals surface area contributed by atoms with Crippen molar-refractivity contribution in [3.8, 4) is 5.75 Å². The topological polar surface area (TPSA) is 117 Å². The fraction of sp³-hybridized carbons (Fsp3) is 0.200. The van der Waals surface area contributed by atoms with Crippen LogP contribution in [0.15, 0.2) is 54.6 Å². The SMILES string of the molecule is C[C@]1(c2ccccc2)NC(=O)N(CC(=O)NNC(=O)COc2ccccc2F)C1=O. The molecule has 30 heavy (non-hydrogen) atoms. The molecule has 0 unspecified atom stereocenters. The molecule has 1 saturated heterocycles.